The van der Waals surface area contributed by atoms with E-state index in [1.807, 2.05) is 43.3 Å². The van der Waals surface area contributed by atoms with Crippen molar-refractivity contribution >= 4 is 22.4 Å². The Bertz CT molecular complexity index is 505. The van der Waals surface area contributed by atoms with Crippen LogP contribution in [0.5, 0.6) is 0 Å². The SMILES string of the molecule is Cc1cc(NC(=O)O)sc1-c1ccccc1. The fraction of sp³-hybridized carbons (Fsp3) is 0.0833. The maximum atomic E-state index is 10.5. The molecular formula is C12H11NO2S. The van der Waals surface area contributed by atoms with Crippen molar-refractivity contribution in [1.82, 2.24) is 0 Å². The average molecular weight is 233 g/mol. The summed E-state index contributed by atoms with van der Waals surface area (Å²) in [7, 11) is 0. The molecular weight excluding hydrogens is 222 g/mol. The number of carbonyl (C=O) groups is 1. The fourth-order valence-electron chi connectivity index (χ4n) is 1.53. The summed E-state index contributed by atoms with van der Waals surface area (Å²) in [6.07, 6.45) is -1.03. The molecule has 0 aliphatic heterocycles. The van der Waals surface area contributed by atoms with Gasteiger partial charge in [0.1, 0.15) is 0 Å². The molecule has 3 nitrogen and oxygen atoms in total. The van der Waals surface area contributed by atoms with Crippen molar-refractivity contribution in [2.75, 3.05) is 5.32 Å². The number of rotatable bonds is 2. The molecule has 0 atom stereocenters. The molecule has 82 valence electrons. The van der Waals surface area contributed by atoms with Gasteiger partial charge in [-0.2, -0.15) is 0 Å². The first-order valence-corrected chi connectivity index (χ1v) is 5.64. The van der Waals surface area contributed by atoms with Crippen LogP contribution in [0.15, 0.2) is 36.4 Å². The number of thiophene rings is 1. The van der Waals surface area contributed by atoms with E-state index in [0.717, 1.165) is 16.0 Å². The topological polar surface area (TPSA) is 49.3 Å². The molecule has 0 bridgehead atoms. The average Bonchev–Trinajstić information content (AvgIpc) is 2.60. The van der Waals surface area contributed by atoms with Crippen molar-refractivity contribution in [1.29, 1.82) is 0 Å². The molecule has 1 aromatic carbocycles. The number of anilines is 1. The number of carboxylic acid groups (broad SMARTS) is 1. The first-order chi connectivity index (χ1) is 7.66. The van der Waals surface area contributed by atoms with Crippen LogP contribution in [0.25, 0.3) is 10.4 Å². The van der Waals surface area contributed by atoms with Gasteiger partial charge in [-0.25, -0.2) is 4.79 Å². The van der Waals surface area contributed by atoms with Gasteiger partial charge in [-0.3, -0.25) is 5.32 Å². The largest absolute Gasteiger partial charge is 0.465 e. The van der Waals surface area contributed by atoms with Gasteiger partial charge in [-0.1, -0.05) is 30.3 Å². The third kappa shape index (κ3) is 2.23. The first-order valence-electron chi connectivity index (χ1n) is 4.82. The minimum atomic E-state index is -1.03. The monoisotopic (exact) mass is 233 g/mol. The lowest BCUT2D eigenvalue weighted by molar-refractivity contribution is 0.210. The number of hydrogen-bond donors (Lipinski definition) is 2. The first kappa shape index (κ1) is 10.7. The third-order valence-electron chi connectivity index (χ3n) is 2.18. The van der Waals surface area contributed by atoms with Crippen LogP contribution < -0.4 is 5.32 Å². The summed E-state index contributed by atoms with van der Waals surface area (Å²) in [5.41, 5.74) is 2.20. The van der Waals surface area contributed by atoms with E-state index in [1.54, 1.807) is 0 Å². The highest BCUT2D eigenvalue weighted by atomic mass is 32.1. The Labute approximate surface area is 97.4 Å². The van der Waals surface area contributed by atoms with Gasteiger partial charge in [-0.05, 0) is 24.1 Å². The molecule has 0 unspecified atom stereocenters. The van der Waals surface area contributed by atoms with Gasteiger partial charge >= 0.3 is 6.09 Å². The molecule has 16 heavy (non-hydrogen) atoms. The molecule has 2 rings (SSSR count). The van der Waals surface area contributed by atoms with Crippen molar-refractivity contribution in [3.8, 4) is 10.4 Å². The van der Waals surface area contributed by atoms with Crippen LogP contribution in [0.3, 0.4) is 0 Å². The number of aryl methyl sites for hydroxylation is 1. The number of nitrogens with one attached hydrogen (secondary N) is 1. The van der Waals surface area contributed by atoms with Crippen molar-refractivity contribution in [3.63, 3.8) is 0 Å². The highest BCUT2D eigenvalue weighted by molar-refractivity contribution is 7.19. The molecule has 1 heterocycles. The number of benzene rings is 1. The second kappa shape index (κ2) is 4.37. The van der Waals surface area contributed by atoms with E-state index in [1.165, 1.54) is 11.3 Å². The molecule has 1 amide bonds. The predicted molar refractivity (Wildman–Crippen MR) is 66.1 cm³/mol. The standard InChI is InChI=1S/C12H11NO2S/c1-8-7-10(13-12(14)15)16-11(8)9-5-3-2-4-6-9/h2-7,13H,1H3,(H,14,15). The molecule has 0 fully saturated rings. The van der Waals surface area contributed by atoms with Crippen molar-refractivity contribution in [2.24, 2.45) is 0 Å². The van der Waals surface area contributed by atoms with Gasteiger partial charge < -0.3 is 5.11 Å². The Hall–Kier alpha value is -1.81. The summed E-state index contributed by atoms with van der Waals surface area (Å²) in [6.45, 7) is 1.98. The van der Waals surface area contributed by atoms with E-state index < -0.39 is 6.09 Å². The predicted octanol–water partition coefficient (Wildman–Crippen LogP) is 3.81. The summed E-state index contributed by atoms with van der Waals surface area (Å²) in [5.74, 6) is 0. The summed E-state index contributed by atoms with van der Waals surface area (Å²) in [4.78, 5) is 11.6. The Kier molecular flexibility index (Phi) is 2.92. The molecule has 0 spiro atoms. The highest BCUT2D eigenvalue weighted by Gasteiger charge is 2.08. The van der Waals surface area contributed by atoms with E-state index in [9.17, 15) is 4.79 Å². The molecule has 4 heteroatoms. The second-order valence-corrected chi connectivity index (χ2v) is 4.47. The molecule has 0 aliphatic carbocycles. The van der Waals surface area contributed by atoms with Gasteiger partial charge in [-0.15, -0.1) is 11.3 Å². The quantitative estimate of drug-likeness (QED) is 0.828. The van der Waals surface area contributed by atoms with Gasteiger partial charge in [0.25, 0.3) is 0 Å². The third-order valence-corrected chi connectivity index (χ3v) is 3.39. The Morgan fingerprint density at radius 3 is 2.62 bits per heavy atom. The van der Waals surface area contributed by atoms with Gasteiger partial charge in [0.2, 0.25) is 0 Å². The zero-order valence-corrected chi connectivity index (χ0v) is 9.54. The molecule has 1 aromatic heterocycles. The lowest BCUT2D eigenvalue weighted by atomic mass is 10.1. The normalized spacial score (nSPS) is 10.1. The maximum absolute atomic E-state index is 10.5. The molecule has 2 aromatic rings. The molecule has 0 aliphatic rings. The van der Waals surface area contributed by atoms with Crippen molar-refractivity contribution < 1.29 is 9.90 Å². The van der Waals surface area contributed by atoms with Crippen LogP contribution in [0.1, 0.15) is 5.56 Å². The summed E-state index contributed by atoms with van der Waals surface area (Å²) < 4.78 is 0. The lowest BCUT2D eigenvalue weighted by Crippen LogP contribution is -2.05. The van der Waals surface area contributed by atoms with Crippen molar-refractivity contribution in [2.45, 2.75) is 6.92 Å². The van der Waals surface area contributed by atoms with E-state index in [2.05, 4.69) is 5.32 Å². The van der Waals surface area contributed by atoms with E-state index in [4.69, 9.17) is 5.11 Å². The lowest BCUT2D eigenvalue weighted by Gasteiger charge is -1.97. The van der Waals surface area contributed by atoms with Crippen molar-refractivity contribution in [3.05, 3.63) is 42.0 Å². The Morgan fingerprint density at radius 1 is 1.31 bits per heavy atom. The molecule has 2 N–H and O–H groups in total. The van der Waals surface area contributed by atoms with Crippen LogP contribution in [0, 0.1) is 6.92 Å². The molecule has 0 saturated carbocycles. The van der Waals surface area contributed by atoms with Crippen LogP contribution in [-0.4, -0.2) is 11.2 Å². The van der Waals surface area contributed by atoms with E-state index >= 15 is 0 Å². The van der Waals surface area contributed by atoms with Crippen LogP contribution >= 0.6 is 11.3 Å². The Balaban J connectivity index is 2.36. The number of hydrogen-bond acceptors (Lipinski definition) is 2. The highest BCUT2D eigenvalue weighted by Crippen LogP contribution is 2.35. The maximum Gasteiger partial charge on any atom is 0.409 e. The number of amides is 1. The van der Waals surface area contributed by atoms with Gasteiger partial charge in [0, 0.05) is 4.88 Å². The zero-order chi connectivity index (χ0) is 11.5. The van der Waals surface area contributed by atoms with E-state index in [0.29, 0.717) is 5.00 Å². The Morgan fingerprint density at radius 2 is 2.00 bits per heavy atom. The van der Waals surface area contributed by atoms with Gasteiger partial charge in [0.15, 0.2) is 0 Å². The fourth-order valence-corrected chi connectivity index (χ4v) is 2.59. The summed E-state index contributed by atoms with van der Waals surface area (Å²) in [6, 6.07) is 11.8. The van der Waals surface area contributed by atoms with Crippen LogP contribution in [0.4, 0.5) is 9.80 Å². The zero-order valence-electron chi connectivity index (χ0n) is 8.73. The molecule has 0 radical (unpaired) electrons. The van der Waals surface area contributed by atoms with Crippen LogP contribution in [-0.2, 0) is 0 Å². The van der Waals surface area contributed by atoms with Gasteiger partial charge in [0.05, 0.1) is 5.00 Å². The minimum Gasteiger partial charge on any atom is -0.465 e. The smallest absolute Gasteiger partial charge is 0.409 e. The minimum absolute atomic E-state index is 0.656. The van der Waals surface area contributed by atoms with Crippen LogP contribution in [0.2, 0.25) is 0 Å². The summed E-state index contributed by atoms with van der Waals surface area (Å²) in [5, 5.41) is 11.7. The van der Waals surface area contributed by atoms with E-state index in [-0.39, 0.29) is 0 Å². The summed E-state index contributed by atoms with van der Waals surface area (Å²) >= 11 is 1.45. The second-order valence-electron chi connectivity index (χ2n) is 3.42. The molecule has 0 saturated heterocycles.